The maximum Gasteiger partial charge on any atom is 0.343 e. The number of carbonyl (C=O) groups excluding carboxylic acids is 1. The molecule has 0 amide bonds. The number of carboxylic acid groups (broad SMARTS) is 1. The number of carbonyl (C=O) groups is 2. The molecule has 0 heterocycles. The number of rotatable bonds is 4. The van der Waals surface area contributed by atoms with Gasteiger partial charge in [0.25, 0.3) is 0 Å². The Morgan fingerprint density at radius 3 is 2.69 bits per heavy atom. The van der Waals surface area contributed by atoms with Crippen molar-refractivity contribution < 1.29 is 24.2 Å². The molecule has 0 radical (unpaired) electrons. The summed E-state index contributed by atoms with van der Waals surface area (Å²) in [7, 11) is 1.22. The van der Waals surface area contributed by atoms with Crippen LogP contribution in [-0.2, 0) is 9.53 Å². The summed E-state index contributed by atoms with van der Waals surface area (Å²) in [6.45, 7) is -0.347. The molecule has 0 bridgehead atoms. The van der Waals surface area contributed by atoms with Crippen molar-refractivity contribution in [1.29, 1.82) is 0 Å². The molecule has 0 spiro atoms. The van der Waals surface area contributed by atoms with Crippen molar-refractivity contribution in [2.45, 2.75) is 0 Å². The number of benzene rings is 1. The fraction of sp³-hybridized carbons (Fsp3) is 0.200. The van der Waals surface area contributed by atoms with E-state index in [9.17, 15) is 9.59 Å². The van der Waals surface area contributed by atoms with Crippen LogP contribution in [0, 0.1) is 0 Å². The Morgan fingerprint density at radius 2 is 2.12 bits per heavy atom. The summed E-state index contributed by atoms with van der Waals surface area (Å²) in [5.74, 6) is -1.69. The Balaban J connectivity index is 2.87. The number of ether oxygens (including phenoxy) is 2. The van der Waals surface area contributed by atoms with Crippen molar-refractivity contribution in [2.24, 2.45) is 0 Å². The molecule has 1 rings (SSSR count). The molecule has 16 heavy (non-hydrogen) atoms. The number of nitrogen functional groups attached to an aromatic ring is 1. The minimum Gasteiger partial charge on any atom is -0.481 e. The van der Waals surface area contributed by atoms with Gasteiger partial charge in [0.15, 0.2) is 6.61 Å². The molecule has 0 fully saturated rings. The standard InChI is InChI=1S/C10H11NO5/c1-15-9(12)5-16-8-3-2-6(11)4-7(8)10(13)14/h2-4H,5,11H2,1H3,(H,13,14). The van der Waals surface area contributed by atoms with E-state index in [-0.39, 0.29) is 17.9 Å². The number of esters is 1. The topological polar surface area (TPSA) is 98.9 Å². The maximum atomic E-state index is 10.8. The normalized spacial score (nSPS) is 9.56. The molecule has 0 aromatic heterocycles. The van der Waals surface area contributed by atoms with Gasteiger partial charge in [-0.15, -0.1) is 0 Å². The molecule has 0 atom stereocenters. The Bertz CT molecular complexity index is 416. The minimum atomic E-state index is -1.17. The first-order valence-electron chi connectivity index (χ1n) is 4.37. The van der Waals surface area contributed by atoms with Crippen molar-refractivity contribution in [3.05, 3.63) is 23.8 Å². The van der Waals surface area contributed by atoms with Gasteiger partial charge < -0.3 is 20.3 Å². The second kappa shape index (κ2) is 5.01. The van der Waals surface area contributed by atoms with E-state index in [0.29, 0.717) is 5.69 Å². The van der Waals surface area contributed by atoms with E-state index in [1.165, 1.54) is 25.3 Å². The fourth-order valence-corrected chi connectivity index (χ4v) is 1.04. The molecule has 0 aliphatic carbocycles. The zero-order valence-corrected chi connectivity index (χ0v) is 8.60. The predicted molar refractivity (Wildman–Crippen MR) is 55.3 cm³/mol. The molecule has 0 aliphatic heterocycles. The van der Waals surface area contributed by atoms with E-state index >= 15 is 0 Å². The largest absolute Gasteiger partial charge is 0.481 e. The first kappa shape index (κ1) is 11.8. The van der Waals surface area contributed by atoms with Crippen LogP contribution in [0.25, 0.3) is 0 Å². The zero-order valence-electron chi connectivity index (χ0n) is 8.60. The number of carboxylic acids is 1. The molecular formula is C10H11NO5. The van der Waals surface area contributed by atoms with Gasteiger partial charge in [-0.25, -0.2) is 9.59 Å². The molecule has 86 valence electrons. The Kier molecular flexibility index (Phi) is 3.71. The van der Waals surface area contributed by atoms with Crippen LogP contribution in [0.1, 0.15) is 10.4 Å². The smallest absolute Gasteiger partial charge is 0.343 e. The first-order valence-corrected chi connectivity index (χ1v) is 4.37. The zero-order chi connectivity index (χ0) is 12.1. The summed E-state index contributed by atoms with van der Waals surface area (Å²) < 4.78 is 9.36. The number of hydrogen-bond acceptors (Lipinski definition) is 5. The maximum absolute atomic E-state index is 10.8. The van der Waals surface area contributed by atoms with E-state index in [0.717, 1.165) is 0 Å². The van der Waals surface area contributed by atoms with Crippen molar-refractivity contribution in [1.82, 2.24) is 0 Å². The predicted octanol–water partition coefficient (Wildman–Crippen LogP) is 0.519. The second-order valence-corrected chi connectivity index (χ2v) is 2.93. The van der Waals surface area contributed by atoms with Gasteiger partial charge in [-0.2, -0.15) is 0 Å². The van der Waals surface area contributed by atoms with Crippen LogP contribution in [0.4, 0.5) is 5.69 Å². The summed E-state index contributed by atoms with van der Waals surface area (Å²) >= 11 is 0. The molecule has 0 saturated carbocycles. The van der Waals surface area contributed by atoms with Gasteiger partial charge in [-0.05, 0) is 18.2 Å². The number of methoxy groups -OCH3 is 1. The number of hydrogen-bond donors (Lipinski definition) is 2. The lowest BCUT2D eigenvalue weighted by atomic mass is 10.2. The number of aromatic carboxylic acids is 1. The van der Waals surface area contributed by atoms with Gasteiger partial charge in [0, 0.05) is 5.69 Å². The van der Waals surface area contributed by atoms with Crippen molar-refractivity contribution in [3.8, 4) is 5.75 Å². The molecule has 1 aromatic rings. The Morgan fingerprint density at radius 1 is 1.44 bits per heavy atom. The highest BCUT2D eigenvalue weighted by atomic mass is 16.6. The Labute approximate surface area is 91.6 Å². The van der Waals surface area contributed by atoms with Crippen molar-refractivity contribution in [2.75, 3.05) is 19.5 Å². The lowest BCUT2D eigenvalue weighted by molar-refractivity contribution is -0.142. The van der Waals surface area contributed by atoms with Crippen LogP contribution in [-0.4, -0.2) is 30.8 Å². The van der Waals surface area contributed by atoms with Crippen LogP contribution < -0.4 is 10.5 Å². The first-order chi connectivity index (χ1) is 7.54. The third-order valence-corrected chi connectivity index (χ3v) is 1.81. The van der Waals surface area contributed by atoms with E-state index in [2.05, 4.69) is 4.74 Å². The quantitative estimate of drug-likeness (QED) is 0.572. The van der Waals surface area contributed by atoms with Crippen LogP contribution >= 0.6 is 0 Å². The minimum absolute atomic E-state index is 0.0760. The lowest BCUT2D eigenvalue weighted by Gasteiger charge is -2.08. The van der Waals surface area contributed by atoms with E-state index in [1.54, 1.807) is 0 Å². The summed E-state index contributed by atoms with van der Waals surface area (Å²) in [4.78, 5) is 21.7. The van der Waals surface area contributed by atoms with Crippen LogP contribution in [0.2, 0.25) is 0 Å². The Hall–Kier alpha value is -2.24. The van der Waals surface area contributed by atoms with Crippen molar-refractivity contribution in [3.63, 3.8) is 0 Å². The van der Waals surface area contributed by atoms with Gasteiger partial charge in [0.1, 0.15) is 11.3 Å². The average Bonchev–Trinajstić information content (AvgIpc) is 2.26. The molecule has 0 saturated heterocycles. The van der Waals surface area contributed by atoms with Crippen LogP contribution in [0.3, 0.4) is 0 Å². The molecule has 1 aromatic carbocycles. The molecule has 3 N–H and O–H groups in total. The van der Waals surface area contributed by atoms with E-state index in [4.69, 9.17) is 15.6 Å². The van der Waals surface area contributed by atoms with E-state index in [1.807, 2.05) is 0 Å². The van der Waals surface area contributed by atoms with E-state index < -0.39 is 11.9 Å². The molecule has 0 unspecified atom stereocenters. The third kappa shape index (κ3) is 2.88. The van der Waals surface area contributed by atoms with Gasteiger partial charge in [0.2, 0.25) is 0 Å². The van der Waals surface area contributed by atoms with Gasteiger partial charge in [0.05, 0.1) is 7.11 Å². The van der Waals surface area contributed by atoms with Crippen LogP contribution in [0.5, 0.6) is 5.75 Å². The molecular weight excluding hydrogens is 214 g/mol. The molecule has 0 aliphatic rings. The lowest BCUT2D eigenvalue weighted by Crippen LogP contribution is -2.14. The summed E-state index contributed by atoms with van der Waals surface area (Å²) in [5.41, 5.74) is 5.65. The SMILES string of the molecule is COC(=O)COc1ccc(N)cc1C(=O)O. The number of anilines is 1. The third-order valence-electron chi connectivity index (χ3n) is 1.81. The highest BCUT2D eigenvalue weighted by Gasteiger charge is 2.13. The highest BCUT2D eigenvalue weighted by Crippen LogP contribution is 2.21. The summed E-state index contributed by atoms with van der Waals surface area (Å²) in [5, 5.41) is 8.86. The summed E-state index contributed by atoms with van der Waals surface area (Å²) in [6.07, 6.45) is 0. The average molecular weight is 225 g/mol. The highest BCUT2D eigenvalue weighted by molar-refractivity contribution is 5.92. The van der Waals surface area contributed by atoms with Gasteiger partial charge in [-0.3, -0.25) is 0 Å². The number of nitrogens with two attached hydrogens (primary N) is 1. The van der Waals surface area contributed by atoms with Crippen LogP contribution in [0.15, 0.2) is 18.2 Å². The monoisotopic (exact) mass is 225 g/mol. The summed E-state index contributed by atoms with van der Waals surface area (Å²) in [6, 6.07) is 4.13. The molecule has 6 heteroatoms. The molecule has 6 nitrogen and oxygen atoms in total. The van der Waals surface area contributed by atoms with Gasteiger partial charge in [-0.1, -0.05) is 0 Å². The second-order valence-electron chi connectivity index (χ2n) is 2.93. The van der Waals surface area contributed by atoms with Crippen molar-refractivity contribution >= 4 is 17.6 Å². The fourth-order valence-electron chi connectivity index (χ4n) is 1.04. The van der Waals surface area contributed by atoms with Gasteiger partial charge >= 0.3 is 11.9 Å².